The summed E-state index contributed by atoms with van der Waals surface area (Å²) < 4.78 is 11.1. The number of rotatable bonds is 6. The van der Waals surface area contributed by atoms with Crippen LogP contribution >= 0.6 is 0 Å². The number of ether oxygens (including phenoxy) is 2. The Kier molecular flexibility index (Phi) is 5.44. The average Bonchev–Trinajstić information content (AvgIpc) is 1.98. The number of hydrogen-bond acceptors (Lipinski definition) is 3. The van der Waals surface area contributed by atoms with E-state index in [-0.39, 0.29) is 5.41 Å². The Morgan fingerprint density at radius 2 is 1.38 bits per heavy atom. The van der Waals surface area contributed by atoms with E-state index in [0.29, 0.717) is 13.2 Å². The van der Waals surface area contributed by atoms with E-state index < -0.39 is 11.2 Å². The third-order valence-corrected chi connectivity index (χ3v) is 2.70. The van der Waals surface area contributed by atoms with Crippen molar-refractivity contribution in [3.63, 3.8) is 0 Å². The van der Waals surface area contributed by atoms with Gasteiger partial charge in [-0.1, -0.05) is 20.8 Å². The molecule has 1 N–H and O–H groups in total. The molecular weight excluding hydrogens is 204 g/mol. The fourth-order valence-corrected chi connectivity index (χ4v) is 0.911. The van der Waals surface area contributed by atoms with Crippen LogP contribution in [0.4, 0.5) is 0 Å². The first-order valence-electron chi connectivity index (χ1n) is 5.90. The Bertz CT molecular complexity index is 196. The van der Waals surface area contributed by atoms with Crippen LogP contribution in [0.2, 0.25) is 0 Å². The molecule has 98 valence electrons. The van der Waals surface area contributed by atoms with Gasteiger partial charge in [0.25, 0.3) is 0 Å². The monoisotopic (exact) mass is 232 g/mol. The summed E-state index contributed by atoms with van der Waals surface area (Å²) in [5, 5.41) is 9.87. The molecule has 3 nitrogen and oxygen atoms in total. The zero-order chi connectivity index (χ0) is 13.0. The minimum atomic E-state index is -0.850. The molecule has 0 saturated heterocycles. The van der Waals surface area contributed by atoms with Gasteiger partial charge in [-0.2, -0.15) is 0 Å². The highest BCUT2D eigenvalue weighted by atomic mass is 16.5. The second kappa shape index (κ2) is 5.48. The molecule has 16 heavy (non-hydrogen) atoms. The zero-order valence-electron chi connectivity index (χ0n) is 11.9. The lowest BCUT2D eigenvalue weighted by Gasteiger charge is -2.37. The highest BCUT2D eigenvalue weighted by molar-refractivity contribution is 4.87. The van der Waals surface area contributed by atoms with Crippen LogP contribution in [0, 0.1) is 5.41 Å². The van der Waals surface area contributed by atoms with Crippen molar-refractivity contribution < 1.29 is 14.6 Å². The van der Waals surface area contributed by atoms with E-state index in [1.165, 1.54) is 0 Å². The number of aliphatic hydroxyl groups is 1. The van der Waals surface area contributed by atoms with Crippen molar-refractivity contribution in [1.29, 1.82) is 0 Å². The van der Waals surface area contributed by atoms with Crippen molar-refractivity contribution in [3.8, 4) is 0 Å². The normalized spacial score (nSPS) is 14.2. The fourth-order valence-electron chi connectivity index (χ4n) is 0.911. The fraction of sp³-hybridized carbons (Fsp3) is 1.00. The lowest BCUT2D eigenvalue weighted by molar-refractivity contribution is -0.155. The largest absolute Gasteiger partial charge is 0.387 e. The first kappa shape index (κ1) is 15.9. The first-order valence-corrected chi connectivity index (χ1v) is 5.90. The summed E-state index contributed by atoms with van der Waals surface area (Å²) in [6.07, 6.45) is 0. The third-order valence-electron chi connectivity index (χ3n) is 2.70. The van der Waals surface area contributed by atoms with Gasteiger partial charge in [0, 0.05) is 0 Å². The molecule has 0 saturated carbocycles. The van der Waals surface area contributed by atoms with Crippen molar-refractivity contribution in [2.24, 2.45) is 5.41 Å². The van der Waals surface area contributed by atoms with Crippen LogP contribution in [-0.4, -0.2) is 36.1 Å². The van der Waals surface area contributed by atoms with E-state index in [2.05, 4.69) is 20.8 Å². The molecule has 0 bridgehead atoms. The van der Waals surface area contributed by atoms with E-state index >= 15 is 0 Å². The van der Waals surface area contributed by atoms with Gasteiger partial charge in [0.15, 0.2) is 0 Å². The Morgan fingerprint density at radius 3 is 1.75 bits per heavy atom. The zero-order valence-corrected chi connectivity index (χ0v) is 11.9. The Morgan fingerprint density at radius 1 is 0.875 bits per heavy atom. The van der Waals surface area contributed by atoms with Crippen molar-refractivity contribution in [2.75, 3.05) is 19.8 Å². The predicted octanol–water partition coefficient (Wildman–Crippen LogP) is 2.62. The molecule has 0 aromatic carbocycles. The molecule has 0 aliphatic carbocycles. The molecule has 0 unspecified atom stereocenters. The standard InChI is InChI=1S/C13H28O3/c1-11(2,3)10-15-8-9-16-13(6,7)12(4,5)14/h14H,8-10H2,1-7H3. The third kappa shape index (κ3) is 6.46. The maximum atomic E-state index is 9.87. The van der Waals surface area contributed by atoms with Gasteiger partial charge in [-0.15, -0.1) is 0 Å². The first-order chi connectivity index (χ1) is 6.96. The van der Waals surface area contributed by atoms with Crippen LogP contribution in [0.25, 0.3) is 0 Å². The van der Waals surface area contributed by atoms with Crippen LogP contribution in [0.1, 0.15) is 48.5 Å². The maximum absolute atomic E-state index is 9.87. The van der Waals surface area contributed by atoms with Gasteiger partial charge < -0.3 is 14.6 Å². The minimum absolute atomic E-state index is 0.186. The van der Waals surface area contributed by atoms with Crippen LogP contribution in [0.3, 0.4) is 0 Å². The second-order valence-electron chi connectivity index (χ2n) is 6.53. The molecule has 0 spiro atoms. The van der Waals surface area contributed by atoms with Gasteiger partial charge in [0.1, 0.15) is 0 Å². The van der Waals surface area contributed by atoms with Crippen molar-refractivity contribution in [3.05, 3.63) is 0 Å². The predicted molar refractivity (Wildman–Crippen MR) is 66.6 cm³/mol. The SMILES string of the molecule is CC(C)(C)COCCOC(C)(C)C(C)(C)O. The summed E-state index contributed by atoms with van der Waals surface area (Å²) in [7, 11) is 0. The van der Waals surface area contributed by atoms with Gasteiger partial charge in [-0.3, -0.25) is 0 Å². The van der Waals surface area contributed by atoms with Crippen LogP contribution in [-0.2, 0) is 9.47 Å². The molecule has 0 radical (unpaired) electrons. The highest BCUT2D eigenvalue weighted by Gasteiger charge is 2.35. The summed E-state index contributed by atoms with van der Waals surface area (Å²) in [6, 6.07) is 0. The van der Waals surface area contributed by atoms with Crippen LogP contribution < -0.4 is 0 Å². The van der Waals surface area contributed by atoms with E-state index in [1.807, 2.05) is 13.8 Å². The summed E-state index contributed by atoms with van der Waals surface area (Å²) in [6.45, 7) is 15.5. The Balaban J connectivity index is 3.75. The van der Waals surface area contributed by atoms with E-state index in [4.69, 9.17) is 9.47 Å². The van der Waals surface area contributed by atoms with Gasteiger partial charge >= 0.3 is 0 Å². The molecule has 0 atom stereocenters. The summed E-state index contributed by atoms with van der Waals surface area (Å²) >= 11 is 0. The summed E-state index contributed by atoms with van der Waals surface area (Å²) in [5.41, 5.74) is -1.22. The van der Waals surface area contributed by atoms with Crippen molar-refractivity contribution in [2.45, 2.75) is 59.7 Å². The van der Waals surface area contributed by atoms with E-state index in [1.54, 1.807) is 13.8 Å². The molecule has 0 heterocycles. The second-order valence-corrected chi connectivity index (χ2v) is 6.53. The lowest BCUT2D eigenvalue weighted by atomic mass is 9.89. The molecule has 0 fully saturated rings. The quantitative estimate of drug-likeness (QED) is 0.715. The van der Waals surface area contributed by atoms with Gasteiger partial charge in [0.05, 0.1) is 31.0 Å². The van der Waals surface area contributed by atoms with E-state index in [0.717, 1.165) is 6.61 Å². The van der Waals surface area contributed by atoms with Crippen molar-refractivity contribution in [1.82, 2.24) is 0 Å². The average molecular weight is 232 g/mol. The van der Waals surface area contributed by atoms with Gasteiger partial charge in [-0.25, -0.2) is 0 Å². The maximum Gasteiger partial charge on any atom is 0.0907 e. The minimum Gasteiger partial charge on any atom is -0.387 e. The topological polar surface area (TPSA) is 38.7 Å². The Hall–Kier alpha value is -0.120. The molecule has 0 amide bonds. The highest BCUT2D eigenvalue weighted by Crippen LogP contribution is 2.24. The summed E-state index contributed by atoms with van der Waals surface area (Å²) in [5.74, 6) is 0. The molecule has 0 aliphatic heterocycles. The number of hydrogen-bond donors (Lipinski definition) is 1. The Labute approximate surface area is 100 Å². The van der Waals surface area contributed by atoms with E-state index in [9.17, 15) is 5.11 Å². The molecule has 0 aromatic rings. The smallest absolute Gasteiger partial charge is 0.0907 e. The molecular formula is C13H28O3. The molecule has 0 aliphatic rings. The van der Waals surface area contributed by atoms with Crippen LogP contribution in [0.5, 0.6) is 0 Å². The molecule has 0 rings (SSSR count). The van der Waals surface area contributed by atoms with Crippen molar-refractivity contribution >= 4 is 0 Å². The molecule has 0 aromatic heterocycles. The summed E-state index contributed by atoms with van der Waals surface area (Å²) in [4.78, 5) is 0. The van der Waals surface area contributed by atoms with Gasteiger partial charge in [0.2, 0.25) is 0 Å². The van der Waals surface area contributed by atoms with Gasteiger partial charge in [-0.05, 0) is 33.1 Å². The van der Waals surface area contributed by atoms with Crippen LogP contribution in [0.15, 0.2) is 0 Å². The molecule has 3 heteroatoms. The lowest BCUT2D eigenvalue weighted by Crippen LogP contribution is -2.47.